The van der Waals surface area contributed by atoms with E-state index in [9.17, 15) is 4.79 Å². The van der Waals surface area contributed by atoms with Crippen molar-refractivity contribution in [2.45, 2.75) is 31.1 Å². The van der Waals surface area contributed by atoms with Crippen molar-refractivity contribution >= 4 is 5.91 Å². The topological polar surface area (TPSA) is 36.4 Å². The van der Waals surface area contributed by atoms with Crippen LogP contribution < -0.4 is 0 Å². The van der Waals surface area contributed by atoms with E-state index in [-0.39, 0.29) is 11.3 Å². The number of rotatable bonds is 3. The summed E-state index contributed by atoms with van der Waals surface area (Å²) < 4.78 is 0. The number of aromatic nitrogens is 1. The molecule has 1 fully saturated rings. The average Bonchev–Trinajstić information content (AvgIpc) is 3.00. The third kappa shape index (κ3) is 3.14. The van der Waals surface area contributed by atoms with E-state index in [1.807, 2.05) is 31.4 Å². The first-order valence-electron chi connectivity index (χ1n) is 9.54. The molecular weight excluding hydrogens is 322 g/mol. The van der Waals surface area contributed by atoms with Gasteiger partial charge in [0.1, 0.15) is 0 Å². The molecule has 0 radical (unpaired) electrons. The molecule has 1 amide bonds. The van der Waals surface area contributed by atoms with Gasteiger partial charge in [-0.05, 0) is 79.6 Å². The molecule has 1 aliphatic carbocycles. The van der Waals surface area contributed by atoms with Crippen LogP contribution in [0.5, 0.6) is 0 Å². The van der Waals surface area contributed by atoms with E-state index in [0.29, 0.717) is 6.54 Å². The number of amides is 1. The molecule has 0 atom stereocenters. The summed E-state index contributed by atoms with van der Waals surface area (Å²) in [4.78, 5) is 20.5. The fourth-order valence-electron chi connectivity index (χ4n) is 4.59. The Morgan fingerprint density at radius 1 is 1.08 bits per heavy atom. The van der Waals surface area contributed by atoms with Gasteiger partial charge in [-0.2, -0.15) is 0 Å². The summed E-state index contributed by atoms with van der Waals surface area (Å²) in [6.45, 7) is 2.27. The van der Waals surface area contributed by atoms with Gasteiger partial charge in [0.25, 0.3) is 0 Å². The minimum atomic E-state index is 0.257. The largest absolute Gasteiger partial charge is 0.342 e. The second kappa shape index (κ2) is 6.84. The van der Waals surface area contributed by atoms with Gasteiger partial charge in [-0.1, -0.05) is 18.2 Å². The molecule has 4 heteroatoms. The molecule has 1 saturated heterocycles. The minimum Gasteiger partial charge on any atom is -0.342 e. The zero-order valence-corrected chi connectivity index (χ0v) is 15.7. The SMILES string of the molecule is CN(C)CC(=O)N1CCC2(CCc3ccc(-c4ccncc4)cc32)CC1. The van der Waals surface area contributed by atoms with Crippen LogP contribution in [0, 0.1) is 0 Å². The second-order valence-electron chi connectivity index (χ2n) is 8.01. The van der Waals surface area contributed by atoms with E-state index >= 15 is 0 Å². The Kier molecular flexibility index (Phi) is 4.53. The Morgan fingerprint density at radius 2 is 1.81 bits per heavy atom. The third-order valence-electron chi connectivity index (χ3n) is 6.09. The number of piperidine rings is 1. The van der Waals surface area contributed by atoms with Crippen molar-refractivity contribution in [1.29, 1.82) is 0 Å². The van der Waals surface area contributed by atoms with Gasteiger partial charge in [0.05, 0.1) is 6.54 Å². The Balaban J connectivity index is 1.55. The lowest BCUT2D eigenvalue weighted by Gasteiger charge is -2.40. The number of fused-ring (bicyclic) bond motifs is 2. The van der Waals surface area contributed by atoms with Crippen LogP contribution in [0.15, 0.2) is 42.7 Å². The summed E-state index contributed by atoms with van der Waals surface area (Å²) in [5.41, 5.74) is 5.78. The van der Waals surface area contributed by atoms with Crippen LogP contribution in [-0.2, 0) is 16.6 Å². The fourth-order valence-corrected chi connectivity index (χ4v) is 4.59. The van der Waals surface area contributed by atoms with Gasteiger partial charge >= 0.3 is 0 Å². The average molecular weight is 349 g/mol. The molecule has 2 aromatic rings. The maximum absolute atomic E-state index is 12.4. The predicted molar refractivity (Wildman–Crippen MR) is 104 cm³/mol. The first-order valence-corrected chi connectivity index (χ1v) is 9.54. The van der Waals surface area contributed by atoms with Crippen molar-refractivity contribution in [3.05, 3.63) is 53.9 Å². The number of carbonyl (C=O) groups is 1. The van der Waals surface area contributed by atoms with Gasteiger partial charge in [0.2, 0.25) is 5.91 Å². The fraction of sp³-hybridized carbons (Fsp3) is 0.455. The quantitative estimate of drug-likeness (QED) is 0.854. The number of benzene rings is 1. The van der Waals surface area contributed by atoms with Crippen LogP contribution in [0.2, 0.25) is 0 Å². The summed E-state index contributed by atoms with van der Waals surface area (Å²) in [7, 11) is 3.91. The lowest BCUT2D eigenvalue weighted by atomic mass is 9.73. The Bertz CT molecular complexity index is 792. The van der Waals surface area contributed by atoms with Crippen molar-refractivity contribution in [3.8, 4) is 11.1 Å². The number of hydrogen-bond donors (Lipinski definition) is 0. The van der Waals surface area contributed by atoms with E-state index in [2.05, 4.69) is 40.2 Å². The summed E-state index contributed by atoms with van der Waals surface area (Å²) in [5, 5.41) is 0. The van der Waals surface area contributed by atoms with Crippen molar-refractivity contribution < 1.29 is 4.79 Å². The third-order valence-corrected chi connectivity index (χ3v) is 6.09. The molecule has 4 nitrogen and oxygen atoms in total. The molecule has 0 bridgehead atoms. The normalized spacial score (nSPS) is 18.3. The van der Waals surface area contributed by atoms with E-state index < -0.39 is 0 Å². The first-order chi connectivity index (χ1) is 12.6. The maximum Gasteiger partial charge on any atom is 0.236 e. The highest BCUT2D eigenvalue weighted by Gasteiger charge is 2.41. The molecular formula is C22H27N3O. The molecule has 1 aliphatic heterocycles. The predicted octanol–water partition coefficient (Wildman–Crippen LogP) is 3.12. The monoisotopic (exact) mass is 349 g/mol. The van der Waals surface area contributed by atoms with Crippen LogP contribution in [0.1, 0.15) is 30.4 Å². The van der Waals surface area contributed by atoms with Gasteiger partial charge in [-0.3, -0.25) is 9.78 Å². The molecule has 0 unspecified atom stereocenters. The van der Waals surface area contributed by atoms with E-state index in [0.717, 1.165) is 32.4 Å². The highest BCUT2D eigenvalue weighted by atomic mass is 16.2. The van der Waals surface area contributed by atoms with Crippen molar-refractivity contribution in [3.63, 3.8) is 0 Å². The summed E-state index contributed by atoms with van der Waals surface area (Å²) in [5.74, 6) is 0.258. The Morgan fingerprint density at radius 3 is 2.50 bits per heavy atom. The van der Waals surface area contributed by atoms with Gasteiger partial charge in [0.15, 0.2) is 0 Å². The van der Waals surface area contributed by atoms with Crippen LogP contribution >= 0.6 is 0 Å². The lowest BCUT2D eigenvalue weighted by Crippen LogP contribution is -2.46. The molecule has 0 saturated carbocycles. The van der Waals surface area contributed by atoms with Gasteiger partial charge in [-0.15, -0.1) is 0 Å². The molecule has 136 valence electrons. The smallest absolute Gasteiger partial charge is 0.236 e. The van der Waals surface area contributed by atoms with Crippen molar-refractivity contribution in [2.75, 3.05) is 33.7 Å². The highest BCUT2D eigenvalue weighted by Crippen LogP contribution is 2.47. The van der Waals surface area contributed by atoms with Crippen LogP contribution in [0.3, 0.4) is 0 Å². The number of likely N-dealkylation sites (N-methyl/N-ethyl adjacent to an activating group) is 1. The first kappa shape index (κ1) is 17.2. The van der Waals surface area contributed by atoms with Crippen molar-refractivity contribution in [2.24, 2.45) is 0 Å². The van der Waals surface area contributed by atoms with Crippen LogP contribution in [-0.4, -0.2) is 54.4 Å². The van der Waals surface area contributed by atoms with Crippen LogP contribution in [0.4, 0.5) is 0 Å². The standard InChI is InChI=1S/C22H27N3O/c1-24(2)16-21(26)25-13-9-22(10-14-25)8-5-18-3-4-19(15-20(18)22)17-6-11-23-12-7-17/h3-4,6-7,11-12,15H,5,8-10,13-14,16H2,1-2H3. The molecule has 1 spiro atoms. The number of carbonyl (C=O) groups excluding carboxylic acids is 1. The number of nitrogens with zero attached hydrogens (tertiary/aromatic N) is 3. The van der Waals surface area contributed by atoms with Crippen molar-refractivity contribution in [1.82, 2.24) is 14.8 Å². The van der Waals surface area contributed by atoms with Gasteiger partial charge in [0, 0.05) is 25.5 Å². The molecule has 0 N–H and O–H groups in total. The Labute approximate surface area is 155 Å². The second-order valence-corrected chi connectivity index (χ2v) is 8.01. The molecule has 26 heavy (non-hydrogen) atoms. The molecule has 2 heterocycles. The van der Waals surface area contributed by atoms with E-state index in [1.165, 1.54) is 28.7 Å². The number of hydrogen-bond acceptors (Lipinski definition) is 3. The van der Waals surface area contributed by atoms with Gasteiger partial charge in [-0.25, -0.2) is 0 Å². The Hall–Kier alpha value is -2.20. The maximum atomic E-state index is 12.4. The molecule has 2 aliphatic rings. The summed E-state index contributed by atoms with van der Waals surface area (Å²) in [6, 6.07) is 11.1. The number of pyridine rings is 1. The molecule has 1 aromatic heterocycles. The molecule has 4 rings (SSSR count). The summed E-state index contributed by atoms with van der Waals surface area (Å²) >= 11 is 0. The lowest BCUT2D eigenvalue weighted by molar-refractivity contribution is -0.133. The molecule has 1 aromatic carbocycles. The zero-order valence-electron chi connectivity index (χ0n) is 15.7. The highest BCUT2D eigenvalue weighted by molar-refractivity contribution is 5.78. The zero-order chi connectivity index (χ0) is 18.1. The van der Waals surface area contributed by atoms with E-state index in [4.69, 9.17) is 0 Å². The van der Waals surface area contributed by atoms with E-state index in [1.54, 1.807) is 0 Å². The number of likely N-dealkylation sites (tertiary alicyclic amines) is 1. The number of aryl methyl sites for hydroxylation is 1. The summed E-state index contributed by atoms with van der Waals surface area (Å²) in [6.07, 6.45) is 8.26. The van der Waals surface area contributed by atoms with Gasteiger partial charge < -0.3 is 9.80 Å². The van der Waals surface area contributed by atoms with Crippen LogP contribution in [0.25, 0.3) is 11.1 Å². The minimum absolute atomic E-state index is 0.257.